The van der Waals surface area contributed by atoms with E-state index in [1.807, 2.05) is 0 Å². The van der Waals surface area contributed by atoms with Gasteiger partial charge in [0.05, 0.1) is 0 Å². The molecule has 0 saturated heterocycles. The molecule has 0 aliphatic rings. The zero-order valence-corrected chi connectivity index (χ0v) is 14.3. The van der Waals surface area contributed by atoms with Gasteiger partial charge in [0.1, 0.15) is 10.7 Å². The average Bonchev–Trinajstić information content (AvgIpc) is 2.45. The van der Waals surface area contributed by atoms with E-state index in [1.165, 1.54) is 12.8 Å². The highest BCUT2D eigenvalue weighted by atomic mass is 32.2. The maximum absolute atomic E-state index is 12.4. The van der Waals surface area contributed by atoms with E-state index in [0.29, 0.717) is 12.4 Å². The molecule has 2 N–H and O–H groups in total. The smallest absolute Gasteiger partial charge is 0.244 e. The lowest BCUT2D eigenvalue weighted by atomic mass is 9.87. The molecule has 1 aromatic rings. The summed E-state index contributed by atoms with van der Waals surface area (Å²) in [5, 5.41) is 2.81. The molecule has 1 aromatic heterocycles. The number of pyridine rings is 1. The molecule has 6 heteroatoms. The van der Waals surface area contributed by atoms with Crippen molar-refractivity contribution in [1.29, 1.82) is 0 Å². The quantitative estimate of drug-likeness (QED) is 0.688. The van der Waals surface area contributed by atoms with Gasteiger partial charge in [-0.15, -0.1) is 0 Å². The molecule has 0 bridgehead atoms. The van der Waals surface area contributed by atoms with Crippen molar-refractivity contribution in [3.63, 3.8) is 0 Å². The normalized spacial score (nSPS) is 12.4. The van der Waals surface area contributed by atoms with Crippen LogP contribution >= 0.6 is 0 Å². The van der Waals surface area contributed by atoms with Crippen LogP contribution in [0.1, 0.15) is 46.5 Å². The predicted octanol–water partition coefficient (Wildman–Crippen LogP) is 3.01. The second-order valence-electron chi connectivity index (χ2n) is 6.05. The molecule has 0 fully saturated rings. The molecule has 0 unspecified atom stereocenters. The standard InChI is InChI=1S/C15H27N3O2S/c1-5-6-7-10-15(2,3)12-18-21(19,20)13-9-8-11-17-14(13)16-4/h8-9,11,18H,5-7,10,12H2,1-4H3,(H,16,17). The largest absolute Gasteiger partial charge is 0.372 e. The number of unbranched alkanes of at least 4 members (excludes halogenated alkanes) is 2. The number of nitrogens with one attached hydrogen (secondary N) is 2. The Morgan fingerprint density at radius 2 is 2.00 bits per heavy atom. The minimum atomic E-state index is -3.54. The molecule has 120 valence electrons. The molecule has 21 heavy (non-hydrogen) atoms. The zero-order valence-electron chi connectivity index (χ0n) is 13.4. The van der Waals surface area contributed by atoms with E-state index in [9.17, 15) is 8.42 Å². The number of anilines is 1. The van der Waals surface area contributed by atoms with Crippen LogP contribution in [0.2, 0.25) is 0 Å². The van der Waals surface area contributed by atoms with Gasteiger partial charge in [0, 0.05) is 19.8 Å². The number of sulfonamides is 1. The zero-order chi connectivity index (χ0) is 15.9. The van der Waals surface area contributed by atoms with Crippen LogP contribution < -0.4 is 10.0 Å². The molecule has 0 atom stereocenters. The number of hydrogen-bond donors (Lipinski definition) is 2. The summed E-state index contributed by atoms with van der Waals surface area (Å²) >= 11 is 0. The van der Waals surface area contributed by atoms with Crippen LogP contribution in [-0.4, -0.2) is 27.0 Å². The number of hydrogen-bond acceptors (Lipinski definition) is 4. The highest BCUT2D eigenvalue weighted by Gasteiger charge is 2.24. The van der Waals surface area contributed by atoms with Gasteiger partial charge in [-0.25, -0.2) is 18.1 Å². The summed E-state index contributed by atoms with van der Waals surface area (Å²) in [6.45, 7) is 6.77. The molecule has 0 spiro atoms. The summed E-state index contributed by atoms with van der Waals surface area (Å²) in [5.74, 6) is 0.369. The second-order valence-corrected chi connectivity index (χ2v) is 7.78. The Labute approximate surface area is 128 Å². The van der Waals surface area contributed by atoms with Gasteiger partial charge in [-0.2, -0.15) is 0 Å². The molecule has 0 aliphatic carbocycles. The Bertz CT molecular complexity index is 542. The lowest BCUT2D eigenvalue weighted by Gasteiger charge is -2.25. The van der Waals surface area contributed by atoms with Crippen LogP contribution in [0.25, 0.3) is 0 Å². The van der Waals surface area contributed by atoms with E-state index in [2.05, 4.69) is 35.8 Å². The topological polar surface area (TPSA) is 71.1 Å². The van der Waals surface area contributed by atoms with Gasteiger partial charge in [0.15, 0.2) is 0 Å². The van der Waals surface area contributed by atoms with Gasteiger partial charge in [0.25, 0.3) is 0 Å². The lowest BCUT2D eigenvalue weighted by molar-refractivity contribution is 0.320. The summed E-state index contributed by atoms with van der Waals surface area (Å²) in [6.07, 6.45) is 6.06. The summed E-state index contributed by atoms with van der Waals surface area (Å²) in [5.41, 5.74) is -0.0513. The minimum absolute atomic E-state index is 0.0513. The van der Waals surface area contributed by atoms with Gasteiger partial charge >= 0.3 is 0 Å². The molecule has 1 rings (SSSR count). The summed E-state index contributed by atoms with van der Waals surface area (Å²) < 4.78 is 27.5. The van der Waals surface area contributed by atoms with Crippen LogP contribution in [0.3, 0.4) is 0 Å². The highest BCUT2D eigenvalue weighted by Crippen LogP contribution is 2.24. The third-order valence-corrected chi connectivity index (χ3v) is 4.93. The van der Waals surface area contributed by atoms with Crippen LogP contribution in [0.4, 0.5) is 5.82 Å². The van der Waals surface area contributed by atoms with Gasteiger partial charge in [-0.1, -0.05) is 40.0 Å². The maximum atomic E-state index is 12.4. The Balaban J connectivity index is 2.72. The molecule has 0 saturated carbocycles. The molecule has 1 heterocycles. The van der Waals surface area contributed by atoms with E-state index in [1.54, 1.807) is 25.4 Å². The van der Waals surface area contributed by atoms with Crippen LogP contribution in [-0.2, 0) is 10.0 Å². The second kappa shape index (κ2) is 7.75. The van der Waals surface area contributed by atoms with Crippen molar-refractivity contribution in [2.45, 2.75) is 51.3 Å². The van der Waals surface area contributed by atoms with E-state index in [4.69, 9.17) is 0 Å². The molecule has 0 radical (unpaired) electrons. The Morgan fingerprint density at radius 3 is 2.62 bits per heavy atom. The van der Waals surface area contributed by atoms with Crippen LogP contribution in [0, 0.1) is 5.41 Å². The Hall–Kier alpha value is -1.14. The summed E-state index contributed by atoms with van der Waals surface area (Å²) in [4.78, 5) is 4.23. The van der Waals surface area contributed by atoms with Crippen molar-refractivity contribution < 1.29 is 8.42 Å². The first kappa shape index (κ1) is 17.9. The van der Waals surface area contributed by atoms with E-state index in [0.717, 1.165) is 12.8 Å². The monoisotopic (exact) mass is 313 g/mol. The fourth-order valence-corrected chi connectivity index (χ4v) is 3.51. The maximum Gasteiger partial charge on any atom is 0.244 e. The highest BCUT2D eigenvalue weighted by molar-refractivity contribution is 7.89. The third-order valence-electron chi connectivity index (χ3n) is 3.49. The fourth-order valence-electron chi connectivity index (χ4n) is 2.11. The van der Waals surface area contributed by atoms with Gasteiger partial charge in [-0.3, -0.25) is 0 Å². The molecule has 5 nitrogen and oxygen atoms in total. The van der Waals surface area contributed by atoms with E-state index >= 15 is 0 Å². The molecule has 0 aromatic carbocycles. The lowest BCUT2D eigenvalue weighted by Crippen LogP contribution is -2.34. The average molecular weight is 313 g/mol. The number of nitrogens with zero attached hydrogens (tertiary/aromatic N) is 1. The van der Waals surface area contributed by atoms with Gasteiger partial charge in [-0.05, 0) is 24.0 Å². The molecular weight excluding hydrogens is 286 g/mol. The van der Waals surface area contributed by atoms with E-state index < -0.39 is 10.0 Å². The van der Waals surface area contributed by atoms with Gasteiger partial charge < -0.3 is 5.32 Å². The predicted molar refractivity (Wildman–Crippen MR) is 86.9 cm³/mol. The van der Waals surface area contributed by atoms with Crippen molar-refractivity contribution >= 4 is 15.8 Å². The first-order valence-corrected chi connectivity index (χ1v) is 8.93. The summed E-state index contributed by atoms with van der Waals surface area (Å²) in [7, 11) is -1.88. The Morgan fingerprint density at radius 1 is 1.29 bits per heavy atom. The SMILES string of the molecule is CCCCCC(C)(C)CNS(=O)(=O)c1cccnc1NC. The molecule has 0 aliphatic heterocycles. The van der Waals surface area contributed by atoms with Crippen molar-refractivity contribution in [2.24, 2.45) is 5.41 Å². The third kappa shape index (κ3) is 5.63. The number of aromatic nitrogens is 1. The summed E-state index contributed by atoms with van der Waals surface area (Å²) in [6, 6.07) is 3.19. The van der Waals surface area contributed by atoms with Crippen molar-refractivity contribution in [3.8, 4) is 0 Å². The molecule has 0 amide bonds. The minimum Gasteiger partial charge on any atom is -0.372 e. The van der Waals surface area contributed by atoms with Crippen LogP contribution in [0.15, 0.2) is 23.2 Å². The first-order chi connectivity index (χ1) is 9.82. The van der Waals surface area contributed by atoms with E-state index in [-0.39, 0.29) is 10.3 Å². The van der Waals surface area contributed by atoms with Crippen molar-refractivity contribution in [2.75, 3.05) is 18.9 Å². The van der Waals surface area contributed by atoms with Crippen molar-refractivity contribution in [3.05, 3.63) is 18.3 Å². The van der Waals surface area contributed by atoms with Crippen LogP contribution in [0.5, 0.6) is 0 Å². The first-order valence-electron chi connectivity index (χ1n) is 7.45. The molecular formula is C15H27N3O2S. The fraction of sp³-hybridized carbons (Fsp3) is 0.667. The van der Waals surface area contributed by atoms with Crippen molar-refractivity contribution in [1.82, 2.24) is 9.71 Å². The van der Waals surface area contributed by atoms with Gasteiger partial charge in [0.2, 0.25) is 10.0 Å². The Kier molecular flexibility index (Phi) is 6.61. The number of rotatable bonds is 9.